The Morgan fingerprint density at radius 3 is 2.90 bits per heavy atom. The minimum atomic E-state index is 0.134. The highest BCUT2D eigenvalue weighted by molar-refractivity contribution is 6.28. The van der Waals surface area contributed by atoms with Crippen LogP contribution in [0.4, 0.5) is 5.95 Å². The summed E-state index contributed by atoms with van der Waals surface area (Å²) >= 11 is 5.88. The SMILES string of the molecule is CC(C)COCCNc1nc(Cl)nc(-n2ccnc2)n1. The standard InChI is InChI=1S/C12H17ClN6O/c1-9(2)7-20-6-4-15-11-16-10(13)17-12(18-11)19-5-3-14-8-19/h3,5,8-9H,4,6-7H2,1-2H3,(H,15,16,17,18). The topological polar surface area (TPSA) is 77.8 Å². The quantitative estimate of drug-likeness (QED) is 0.785. The molecule has 0 aliphatic heterocycles. The lowest BCUT2D eigenvalue weighted by Crippen LogP contribution is -2.15. The Morgan fingerprint density at radius 2 is 2.20 bits per heavy atom. The number of ether oxygens (including phenoxy) is 1. The first-order chi connectivity index (χ1) is 9.65. The molecule has 0 atom stereocenters. The number of halogens is 1. The molecule has 0 unspecified atom stereocenters. The van der Waals surface area contributed by atoms with Gasteiger partial charge in [0.25, 0.3) is 0 Å². The molecule has 1 N–H and O–H groups in total. The summed E-state index contributed by atoms with van der Waals surface area (Å²) in [5.41, 5.74) is 0. The van der Waals surface area contributed by atoms with E-state index in [1.54, 1.807) is 23.3 Å². The van der Waals surface area contributed by atoms with Gasteiger partial charge in [-0.25, -0.2) is 4.98 Å². The van der Waals surface area contributed by atoms with Gasteiger partial charge in [-0.15, -0.1) is 0 Å². The Morgan fingerprint density at radius 1 is 1.35 bits per heavy atom. The molecule has 0 radical (unpaired) electrons. The van der Waals surface area contributed by atoms with E-state index in [9.17, 15) is 0 Å². The second kappa shape index (κ2) is 7.16. The van der Waals surface area contributed by atoms with E-state index >= 15 is 0 Å². The highest BCUT2D eigenvalue weighted by Crippen LogP contribution is 2.09. The van der Waals surface area contributed by atoms with Crippen LogP contribution in [0.3, 0.4) is 0 Å². The second-order valence-electron chi connectivity index (χ2n) is 4.59. The highest BCUT2D eigenvalue weighted by atomic mass is 35.5. The molecule has 0 aliphatic rings. The Balaban J connectivity index is 1.92. The third-order valence-electron chi connectivity index (χ3n) is 2.31. The van der Waals surface area contributed by atoms with Crippen LogP contribution in [-0.2, 0) is 4.74 Å². The normalized spacial score (nSPS) is 11.0. The summed E-state index contributed by atoms with van der Waals surface area (Å²) in [6, 6.07) is 0. The third kappa shape index (κ3) is 4.43. The Labute approximate surface area is 122 Å². The number of hydrogen-bond donors (Lipinski definition) is 1. The molecular formula is C12H17ClN6O. The lowest BCUT2D eigenvalue weighted by atomic mass is 10.2. The van der Waals surface area contributed by atoms with E-state index < -0.39 is 0 Å². The number of hydrogen-bond acceptors (Lipinski definition) is 6. The molecule has 0 bridgehead atoms. The molecule has 0 saturated heterocycles. The molecular weight excluding hydrogens is 280 g/mol. The van der Waals surface area contributed by atoms with Crippen molar-refractivity contribution in [2.75, 3.05) is 25.1 Å². The van der Waals surface area contributed by atoms with Gasteiger partial charge in [-0.05, 0) is 17.5 Å². The van der Waals surface area contributed by atoms with Gasteiger partial charge in [0.15, 0.2) is 0 Å². The lowest BCUT2D eigenvalue weighted by Gasteiger charge is -2.08. The number of nitrogens with one attached hydrogen (secondary N) is 1. The summed E-state index contributed by atoms with van der Waals surface area (Å²) in [7, 11) is 0. The van der Waals surface area contributed by atoms with Crippen molar-refractivity contribution in [3.63, 3.8) is 0 Å². The van der Waals surface area contributed by atoms with Crippen molar-refractivity contribution in [1.29, 1.82) is 0 Å². The summed E-state index contributed by atoms with van der Waals surface area (Å²) < 4.78 is 7.13. The predicted molar refractivity (Wildman–Crippen MR) is 76.1 cm³/mol. The molecule has 7 nitrogen and oxygen atoms in total. The van der Waals surface area contributed by atoms with Crippen molar-refractivity contribution in [3.8, 4) is 5.95 Å². The van der Waals surface area contributed by atoms with Crippen LogP contribution in [0.1, 0.15) is 13.8 Å². The van der Waals surface area contributed by atoms with E-state index in [0.29, 0.717) is 31.0 Å². The molecule has 0 fully saturated rings. The van der Waals surface area contributed by atoms with Gasteiger partial charge in [-0.1, -0.05) is 13.8 Å². The summed E-state index contributed by atoms with van der Waals surface area (Å²) in [6.45, 7) is 6.14. The third-order valence-corrected chi connectivity index (χ3v) is 2.48. The van der Waals surface area contributed by atoms with Crippen molar-refractivity contribution in [3.05, 3.63) is 24.0 Å². The fourth-order valence-electron chi connectivity index (χ4n) is 1.47. The summed E-state index contributed by atoms with van der Waals surface area (Å²) in [5.74, 6) is 1.37. The van der Waals surface area contributed by atoms with E-state index in [4.69, 9.17) is 16.3 Å². The molecule has 108 valence electrons. The van der Waals surface area contributed by atoms with E-state index in [-0.39, 0.29) is 5.28 Å². The highest BCUT2D eigenvalue weighted by Gasteiger charge is 2.06. The number of aromatic nitrogens is 5. The van der Waals surface area contributed by atoms with Crippen LogP contribution in [0.25, 0.3) is 5.95 Å². The summed E-state index contributed by atoms with van der Waals surface area (Å²) in [4.78, 5) is 16.3. The van der Waals surface area contributed by atoms with Gasteiger partial charge in [0, 0.05) is 25.5 Å². The minimum Gasteiger partial charge on any atom is -0.379 e. The van der Waals surface area contributed by atoms with E-state index in [0.717, 1.165) is 6.61 Å². The molecule has 8 heteroatoms. The van der Waals surface area contributed by atoms with Crippen LogP contribution in [0.5, 0.6) is 0 Å². The predicted octanol–water partition coefficient (Wildman–Crippen LogP) is 1.80. The first-order valence-corrected chi connectivity index (χ1v) is 6.74. The maximum atomic E-state index is 5.88. The molecule has 0 amide bonds. The number of anilines is 1. The van der Waals surface area contributed by atoms with Gasteiger partial charge in [0.2, 0.25) is 17.2 Å². The summed E-state index contributed by atoms with van der Waals surface area (Å²) in [5, 5.41) is 3.19. The molecule has 0 spiro atoms. The molecule has 0 aromatic carbocycles. The zero-order valence-electron chi connectivity index (χ0n) is 11.5. The number of imidazole rings is 1. The first-order valence-electron chi connectivity index (χ1n) is 6.36. The lowest BCUT2D eigenvalue weighted by molar-refractivity contribution is 0.118. The zero-order chi connectivity index (χ0) is 14.4. The molecule has 2 aromatic rings. The van der Waals surface area contributed by atoms with Crippen molar-refractivity contribution < 1.29 is 4.74 Å². The van der Waals surface area contributed by atoms with Crippen molar-refractivity contribution in [1.82, 2.24) is 24.5 Å². The number of rotatable bonds is 7. The van der Waals surface area contributed by atoms with Crippen LogP contribution >= 0.6 is 11.6 Å². The monoisotopic (exact) mass is 296 g/mol. The maximum Gasteiger partial charge on any atom is 0.241 e. The average molecular weight is 297 g/mol. The smallest absolute Gasteiger partial charge is 0.241 e. The Bertz CT molecular complexity index is 531. The fourth-order valence-corrected chi connectivity index (χ4v) is 1.62. The van der Waals surface area contributed by atoms with Crippen molar-refractivity contribution in [2.24, 2.45) is 5.92 Å². The Hall–Kier alpha value is -1.73. The number of nitrogens with zero attached hydrogens (tertiary/aromatic N) is 5. The van der Waals surface area contributed by atoms with Gasteiger partial charge >= 0.3 is 0 Å². The molecule has 2 heterocycles. The molecule has 2 aromatic heterocycles. The fraction of sp³-hybridized carbons (Fsp3) is 0.500. The zero-order valence-corrected chi connectivity index (χ0v) is 12.2. The van der Waals surface area contributed by atoms with E-state index in [2.05, 4.69) is 39.1 Å². The van der Waals surface area contributed by atoms with Gasteiger partial charge in [0.1, 0.15) is 6.33 Å². The Kier molecular flexibility index (Phi) is 5.25. The van der Waals surface area contributed by atoms with E-state index in [1.807, 2.05) is 0 Å². The largest absolute Gasteiger partial charge is 0.379 e. The van der Waals surface area contributed by atoms with Crippen LogP contribution in [0, 0.1) is 5.92 Å². The minimum absolute atomic E-state index is 0.134. The van der Waals surface area contributed by atoms with Crippen molar-refractivity contribution in [2.45, 2.75) is 13.8 Å². The van der Waals surface area contributed by atoms with Crippen LogP contribution in [0.15, 0.2) is 18.7 Å². The molecule has 20 heavy (non-hydrogen) atoms. The van der Waals surface area contributed by atoms with Gasteiger partial charge in [0.05, 0.1) is 6.61 Å². The van der Waals surface area contributed by atoms with Crippen LogP contribution < -0.4 is 5.32 Å². The van der Waals surface area contributed by atoms with Gasteiger partial charge in [-0.2, -0.15) is 15.0 Å². The molecule has 2 rings (SSSR count). The van der Waals surface area contributed by atoms with E-state index in [1.165, 1.54) is 0 Å². The van der Waals surface area contributed by atoms with Gasteiger partial charge < -0.3 is 10.1 Å². The summed E-state index contributed by atoms with van der Waals surface area (Å²) in [6.07, 6.45) is 4.98. The van der Waals surface area contributed by atoms with Crippen LogP contribution in [0.2, 0.25) is 5.28 Å². The molecule has 0 aliphatic carbocycles. The maximum absolute atomic E-state index is 5.88. The average Bonchev–Trinajstić information content (AvgIpc) is 2.91. The second-order valence-corrected chi connectivity index (χ2v) is 4.93. The van der Waals surface area contributed by atoms with Gasteiger partial charge in [-0.3, -0.25) is 4.57 Å². The van der Waals surface area contributed by atoms with Crippen LogP contribution in [-0.4, -0.2) is 44.3 Å². The first kappa shape index (κ1) is 14.7. The van der Waals surface area contributed by atoms with Crippen molar-refractivity contribution >= 4 is 17.5 Å². The molecule has 0 saturated carbocycles.